The van der Waals surface area contributed by atoms with E-state index in [0.29, 0.717) is 6.04 Å². The summed E-state index contributed by atoms with van der Waals surface area (Å²) in [5, 5.41) is 8.42. The summed E-state index contributed by atoms with van der Waals surface area (Å²) in [4.78, 5) is 0. The molecule has 0 radical (unpaired) electrons. The molecular weight excluding hydrogens is 222 g/mol. The Labute approximate surface area is 100 Å². The Kier molecular flexibility index (Phi) is 2.64. The molecule has 1 unspecified atom stereocenters. The molecule has 16 heavy (non-hydrogen) atoms. The molecule has 0 amide bonds. The van der Waals surface area contributed by atoms with Gasteiger partial charge in [-0.25, -0.2) is 4.68 Å². The largest absolute Gasteiger partial charge is 0.363 e. The number of halogens is 1. The number of rotatable bonds is 1. The topological polar surface area (TPSA) is 29.9 Å². The van der Waals surface area contributed by atoms with Gasteiger partial charge < -0.3 is 5.32 Å². The van der Waals surface area contributed by atoms with Gasteiger partial charge in [0.1, 0.15) is 11.0 Å². The van der Waals surface area contributed by atoms with Gasteiger partial charge in [-0.1, -0.05) is 30.9 Å². The summed E-state index contributed by atoms with van der Waals surface area (Å²) >= 11 is 6.22. The Bertz CT molecular complexity index is 404. The first-order valence-corrected chi connectivity index (χ1v) is 6.40. The van der Waals surface area contributed by atoms with Crippen LogP contribution in [0.25, 0.3) is 5.16 Å². The molecule has 3 nitrogen and oxygen atoms in total. The Balaban J connectivity index is 1.82. The van der Waals surface area contributed by atoms with Gasteiger partial charge >= 0.3 is 0 Å². The molecule has 1 fully saturated rings. The van der Waals surface area contributed by atoms with Gasteiger partial charge in [0.15, 0.2) is 0 Å². The van der Waals surface area contributed by atoms with Crippen molar-refractivity contribution in [1.82, 2.24) is 9.78 Å². The number of nitrogens with one attached hydrogen (secondary N) is 1. The minimum Gasteiger partial charge on any atom is -0.363 e. The Morgan fingerprint density at radius 3 is 2.94 bits per heavy atom. The summed E-state index contributed by atoms with van der Waals surface area (Å²) in [5.74, 6) is 1.74. The van der Waals surface area contributed by atoms with Gasteiger partial charge in [0, 0.05) is 6.07 Å². The molecular formula is C12H16ClN3. The number of hydrogen-bond acceptors (Lipinski definition) is 2. The van der Waals surface area contributed by atoms with E-state index in [0.717, 1.165) is 16.9 Å². The fraction of sp³-hybridized carbons (Fsp3) is 0.583. The third kappa shape index (κ3) is 1.73. The Morgan fingerprint density at radius 1 is 1.31 bits per heavy atom. The van der Waals surface area contributed by atoms with Gasteiger partial charge in [-0.3, -0.25) is 0 Å². The molecule has 1 aromatic heterocycles. The lowest BCUT2D eigenvalue weighted by Gasteiger charge is -2.32. The molecule has 0 spiro atoms. The zero-order valence-electron chi connectivity index (χ0n) is 9.19. The van der Waals surface area contributed by atoms with Gasteiger partial charge in [0.2, 0.25) is 0 Å². The van der Waals surface area contributed by atoms with Crippen LogP contribution in [-0.4, -0.2) is 15.8 Å². The van der Waals surface area contributed by atoms with Gasteiger partial charge in [-0.05, 0) is 24.8 Å². The van der Waals surface area contributed by atoms with Crippen molar-refractivity contribution >= 4 is 22.6 Å². The van der Waals surface area contributed by atoms with Gasteiger partial charge in [-0.2, -0.15) is 5.10 Å². The van der Waals surface area contributed by atoms with Crippen molar-refractivity contribution in [3.63, 3.8) is 0 Å². The lowest BCUT2D eigenvalue weighted by Crippen LogP contribution is -2.32. The van der Waals surface area contributed by atoms with Crippen LogP contribution in [0.15, 0.2) is 18.3 Å². The van der Waals surface area contributed by atoms with Crippen LogP contribution in [0.2, 0.25) is 0 Å². The quantitative estimate of drug-likeness (QED) is 0.812. The molecule has 2 aliphatic rings. The molecule has 1 N–H and O–H groups in total. The summed E-state index contributed by atoms with van der Waals surface area (Å²) in [6, 6.07) is 2.36. The van der Waals surface area contributed by atoms with Crippen molar-refractivity contribution in [3.8, 4) is 0 Å². The smallest absolute Gasteiger partial charge is 0.131 e. The van der Waals surface area contributed by atoms with Crippen molar-refractivity contribution in [2.75, 3.05) is 5.32 Å². The van der Waals surface area contributed by atoms with E-state index in [1.165, 1.54) is 32.1 Å². The van der Waals surface area contributed by atoms with E-state index in [2.05, 4.69) is 16.5 Å². The molecule has 1 saturated carbocycles. The van der Waals surface area contributed by atoms with Crippen LogP contribution < -0.4 is 5.32 Å². The molecule has 0 aromatic carbocycles. The highest BCUT2D eigenvalue weighted by atomic mass is 35.5. The van der Waals surface area contributed by atoms with Crippen molar-refractivity contribution in [3.05, 3.63) is 18.3 Å². The number of hydrogen-bond donors (Lipinski definition) is 1. The van der Waals surface area contributed by atoms with E-state index in [-0.39, 0.29) is 0 Å². The van der Waals surface area contributed by atoms with Crippen LogP contribution in [-0.2, 0) is 0 Å². The summed E-state index contributed by atoms with van der Waals surface area (Å²) in [5.41, 5.74) is 0. The average Bonchev–Trinajstić information content (AvgIpc) is 2.79. The second kappa shape index (κ2) is 4.13. The lowest BCUT2D eigenvalue weighted by atomic mass is 9.83. The molecule has 0 bridgehead atoms. The predicted molar refractivity (Wildman–Crippen MR) is 66.3 cm³/mol. The Hall–Kier alpha value is -0.960. The van der Waals surface area contributed by atoms with Crippen molar-refractivity contribution in [1.29, 1.82) is 0 Å². The van der Waals surface area contributed by atoms with Crippen molar-refractivity contribution in [2.24, 2.45) is 5.92 Å². The summed E-state index contributed by atoms with van der Waals surface area (Å²) < 4.78 is 1.75. The third-order valence-electron chi connectivity index (χ3n) is 3.63. The normalized spacial score (nSPS) is 25.8. The maximum absolute atomic E-state index is 6.22. The minimum atomic E-state index is 0.386. The number of anilines is 1. The summed E-state index contributed by atoms with van der Waals surface area (Å²) in [6.07, 6.45) is 10.6. The van der Waals surface area contributed by atoms with Gasteiger partial charge in [0.25, 0.3) is 0 Å². The zero-order chi connectivity index (χ0) is 11.0. The summed E-state index contributed by atoms with van der Waals surface area (Å²) in [6.45, 7) is 0. The summed E-state index contributed by atoms with van der Waals surface area (Å²) in [7, 11) is 0. The molecule has 2 heterocycles. The highest BCUT2D eigenvalue weighted by molar-refractivity contribution is 6.45. The van der Waals surface area contributed by atoms with Crippen molar-refractivity contribution < 1.29 is 0 Å². The predicted octanol–water partition coefficient (Wildman–Crippen LogP) is 3.29. The van der Waals surface area contributed by atoms with Gasteiger partial charge in [-0.15, -0.1) is 0 Å². The van der Waals surface area contributed by atoms with Crippen LogP contribution in [0.5, 0.6) is 0 Å². The first-order chi connectivity index (χ1) is 7.84. The molecule has 0 saturated heterocycles. The van der Waals surface area contributed by atoms with E-state index in [9.17, 15) is 0 Å². The van der Waals surface area contributed by atoms with E-state index in [4.69, 9.17) is 11.6 Å². The first kappa shape index (κ1) is 10.2. The number of nitrogens with zero attached hydrogens (tertiary/aromatic N) is 2. The monoisotopic (exact) mass is 237 g/mol. The molecule has 1 aliphatic heterocycles. The molecule has 1 aromatic rings. The maximum Gasteiger partial charge on any atom is 0.131 e. The highest BCUT2D eigenvalue weighted by Gasteiger charge is 2.26. The van der Waals surface area contributed by atoms with E-state index in [1.807, 2.05) is 6.07 Å². The highest BCUT2D eigenvalue weighted by Crippen LogP contribution is 2.33. The van der Waals surface area contributed by atoms with Crippen LogP contribution in [0.4, 0.5) is 5.82 Å². The second-order valence-corrected chi connectivity index (χ2v) is 5.07. The van der Waals surface area contributed by atoms with E-state index in [1.54, 1.807) is 10.9 Å². The third-order valence-corrected chi connectivity index (χ3v) is 3.92. The lowest BCUT2D eigenvalue weighted by molar-refractivity contribution is 0.341. The minimum absolute atomic E-state index is 0.386. The standard InChI is InChI=1S/C12H16ClN3/c13-11-8-10(9-4-2-1-3-5-9)15-12-6-7-14-16(11)12/h6-10,15H,1-5H2. The van der Waals surface area contributed by atoms with Crippen LogP contribution in [0, 0.1) is 5.92 Å². The fourth-order valence-electron chi connectivity index (χ4n) is 2.76. The number of fused-ring (bicyclic) bond motifs is 1. The average molecular weight is 238 g/mol. The molecule has 3 rings (SSSR count). The maximum atomic E-state index is 6.22. The fourth-order valence-corrected chi connectivity index (χ4v) is 3.03. The molecule has 4 heteroatoms. The van der Waals surface area contributed by atoms with Crippen LogP contribution >= 0.6 is 11.6 Å². The zero-order valence-corrected chi connectivity index (χ0v) is 9.95. The molecule has 86 valence electrons. The second-order valence-electron chi connectivity index (χ2n) is 4.69. The number of aromatic nitrogens is 2. The van der Waals surface area contributed by atoms with Gasteiger partial charge in [0.05, 0.1) is 12.2 Å². The van der Waals surface area contributed by atoms with Crippen molar-refractivity contribution in [2.45, 2.75) is 38.1 Å². The van der Waals surface area contributed by atoms with E-state index < -0.39 is 0 Å². The molecule has 1 atom stereocenters. The van der Waals surface area contributed by atoms with Crippen LogP contribution in [0.1, 0.15) is 32.1 Å². The Morgan fingerprint density at radius 2 is 2.12 bits per heavy atom. The van der Waals surface area contributed by atoms with E-state index >= 15 is 0 Å². The van der Waals surface area contributed by atoms with Crippen LogP contribution in [0.3, 0.4) is 0 Å². The first-order valence-electron chi connectivity index (χ1n) is 6.03. The SMILES string of the molecule is ClC1=CC(C2CCCCC2)Nc2ccnn21. The molecule has 1 aliphatic carbocycles.